The van der Waals surface area contributed by atoms with Gasteiger partial charge in [0.2, 0.25) is 0 Å². The Morgan fingerprint density at radius 1 is 1.30 bits per heavy atom. The predicted octanol–water partition coefficient (Wildman–Crippen LogP) is 3.91. The van der Waals surface area contributed by atoms with Gasteiger partial charge in [-0.3, -0.25) is 4.79 Å². The van der Waals surface area contributed by atoms with Crippen molar-refractivity contribution < 1.29 is 45.0 Å². The van der Waals surface area contributed by atoms with Crippen LogP contribution in [0.2, 0.25) is 0 Å². The summed E-state index contributed by atoms with van der Waals surface area (Å²) < 4.78 is 102. The first-order chi connectivity index (χ1) is 15.4. The molecule has 0 saturated heterocycles. The van der Waals surface area contributed by atoms with Crippen molar-refractivity contribution in [2.45, 2.75) is 30.9 Å². The number of carbonyl (C=O) groups is 1. The minimum Gasteiger partial charge on any atom is -0.451 e. The topological polar surface area (TPSA) is 98.8 Å². The Labute approximate surface area is 181 Å². The third kappa shape index (κ3) is 5.43. The van der Waals surface area contributed by atoms with Crippen LogP contribution >= 0.6 is 0 Å². The lowest BCUT2D eigenvalue weighted by Crippen LogP contribution is -2.48. The van der Waals surface area contributed by atoms with Gasteiger partial charge < -0.3 is 20.5 Å². The number of rotatable bonds is 6. The summed E-state index contributed by atoms with van der Waals surface area (Å²) in [5, 5.41) is 2.30. The van der Waals surface area contributed by atoms with Gasteiger partial charge in [-0.1, -0.05) is 0 Å². The molecule has 0 unspecified atom stereocenters. The van der Waals surface area contributed by atoms with E-state index >= 15 is 0 Å². The van der Waals surface area contributed by atoms with Gasteiger partial charge in [0.1, 0.15) is 23.9 Å². The number of carbonyl (C=O) groups excluding carboxylic acids is 1. The van der Waals surface area contributed by atoms with Crippen LogP contribution in [0.25, 0.3) is 0 Å². The Morgan fingerprint density at radius 3 is 2.61 bits per heavy atom. The first kappa shape index (κ1) is 24.1. The van der Waals surface area contributed by atoms with Gasteiger partial charge in [0.15, 0.2) is 11.6 Å². The summed E-state index contributed by atoms with van der Waals surface area (Å²) in [6.45, 7) is -4.66. The number of amides is 1. The van der Waals surface area contributed by atoms with Gasteiger partial charge in [-0.05, 0) is 30.3 Å². The third-order valence-corrected chi connectivity index (χ3v) is 4.61. The lowest BCUT2D eigenvalue weighted by Gasteiger charge is -2.38. The van der Waals surface area contributed by atoms with Gasteiger partial charge in [0, 0.05) is 17.7 Å². The highest BCUT2D eigenvalue weighted by Gasteiger charge is 2.52. The molecular formula is C19H15F7N4O3. The highest BCUT2D eigenvalue weighted by atomic mass is 19.4. The van der Waals surface area contributed by atoms with Gasteiger partial charge in [0.05, 0.1) is 6.20 Å². The second-order valence-electron chi connectivity index (χ2n) is 6.87. The maximum absolute atomic E-state index is 14.5. The van der Waals surface area contributed by atoms with Crippen LogP contribution in [-0.4, -0.2) is 42.4 Å². The standard InChI is InChI=1S/C19H15F7N4O3/c20-8-18(6-14(19(24,25)26)30-17(27)33-18)11-5-9(1-3-12(11)21)29-15(31)13-4-2-10(7-28-13)32-16(22)23/h1-5,7,14,16H,6,8H2,(H2,27,30)(H,29,31)/t14-,18+/m0/s1. The summed E-state index contributed by atoms with van der Waals surface area (Å²) >= 11 is 0. The predicted molar refractivity (Wildman–Crippen MR) is 100 cm³/mol. The number of nitrogens with one attached hydrogen (secondary N) is 1. The molecule has 0 fully saturated rings. The van der Waals surface area contributed by atoms with Gasteiger partial charge in [0.25, 0.3) is 11.9 Å². The molecule has 2 heterocycles. The van der Waals surface area contributed by atoms with Crippen molar-refractivity contribution >= 4 is 17.6 Å². The lowest BCUT2D eigenvalue weighted by atomic mass is 9.86. The van der Waals surface area contributed by atoms with Crippen LogP contribution in [0, 0.1) is 5.82 Å². The zero-order chi connectivity index (χ0) is 24.4. The molecule has 0 aliphatic carbocycles. The van der Waals surface area contributed by atoms with E-state index in [-0.39, 0.29) is 17.1 Å². The molecule has 178 valence electrons. The molecule has 33 heavy (non-hydrogen) atoms. The summed E-state index contributed by atoms with van der Waals surface area (Å²) in [6.07, 6.45) is -5.11. The molecule has 1 aromatic carbocycles. The van der Waals surface area contributed by atoms with E-state index in [9.17, 15) is 35.5 Å². The minimum atomic E-state index is -4.89. The van der Waals surface area contributed by atoms with Crippen LogP contribution in [0.15, 0.2) is 41.5 Å². The molecule has 3 rings (SSSR count). The van der Waals surface area contributed by atoms with Crippen LogP contribution in [0.5, 0.6) is 5.75 Å². The molecule has 1 amide bonds. The zero-order valence-corrected chi connectivity index (χ0v) is 16.4. The number of nitrogens with two attached hydrogens (primary N) is 1. The molecular weight excluding hydrogens is 465 g/mol. The second-order valence-corrected chi connectivity index (χ2v) is 6.87. The molecule has 1 aromatic heterocycles. The fourth-order valence-corrected chi connectivity index (χ4v) is 3.12. The third-order valence-electron chi connectivity index (χ3n) is 4.61. The number of hydrogen-bond acceptors (Lipinski definition) is 6. The largest absolute Gasteiger partial charge is 0.451 e. The molecule has 0 radical (unpaired) electrons. The maximum atomic E-state index is 14.5. The van der Waals surface area contributed by atoms with Gasteiger partial charge >= 0.3 is 12.8 Å². The van der Waals surface area contributed by atoms with Crippen molar-refractivity contribution in [3.8, 4) is 5.75 Å². The van der Waals surface area contributed by atoms with Crippen LogP contribution in [0.1, 0.15) is 22.5 Å². The van der Waals surface area contributed by atoms with Crippen LogP contribution in [0.4, 0.5) is 36.4 Å². The number of halogens is 7. The molecule has 0 spiro atoms. The van der Waals surface area contributed by atoms with Crippen LogP contribution in [-0.2, 0) is 10.3 Å². The normalized spacial score (nSPS) is 20.7. The van der Waals surface area contributed by atoms with E-state index in [2.05, 4.69) is 20.0 Å². The Morgan fingerprint density at radius 2 is 2.03 bits per heavy atom. The molecule has 2 aromatic rings. The Balaban J connectivity index is 1.87. The number of nitrogens with zero attached hydrogens (tertiary/aromatic N) is 2. The molecule has 2 atom stereocenters. The zero-order valence-electron chi connectivity index (χ0n) is 16.4. The fourth-order valence-electron chi connectivity index (χ4n) is 3.12. The quantitative estimate of drug-likeness (QED) is 0.611. The van der Waals surface area contributed by atoms with E-state index in [1.54, 1.807) is 0 Å². The second kappa shape index (κ2) is 9.11. The summed E-state index contributed by atoms with van der Waals surface area (Å²) in [5.41, 5.74) is 1.86. The monoisotopic (exact) mass is 480 g/mol. The fraction of sp³-hybridized carbons (Fsp3) is 0.316. The van der Waals surface area contributed by atoms with Gasteiger partial charge in [-0.15, -0.1) is 0 Å². The number of amidine groups is 1. The number of aliphatic imine (C=N–C) groups is 1. The number of alkyl halides is 6. The van der Waals surface area contributed by atoms with E-state index in [0.717, 1.165) is 36.5 Å². The van der Waals surface area contributed by atoms with Crippen molar-refractivity contribution in [1.29, 1.82) is 0 Å². The molecule has 1 aliphatic rings. The number of ether oxygens (including phenoxy) is 2. The van der Waals surface area contributed by atoms with Crippen LogP contribution in [0.3, 0.4) is 0 Å². The molecule has 14 heteroatoms. The minimum absolute atomic E-state index is 0.132. The average Bonchev–Trinajstić information content (AvgIpc) is 2.74. The van der Waals surface area contributed by atoms with E-state index < -0.39 is 60.8 Å². The molecule has 3 N–H and O–H groups in total. The van der Waals surface area contributed by atoms with Crippen molar-refractivity contribution in [3.63, 3.8) is 0 Å². The average molecular weight is 480 g/mol. The summed E-state index contributed by atoms with van der Waals surface area (Å²) in [5.74, 6) is -2.28. The Kier molecular flexibility index (Phi) is 6.65. The first-order valence-corrected chi connectivity index (χ1v) is 9.11. The molecule has 0 saturated carbocycles. The van der Waals surface area contributed by atoms with Gasteiger partial charge in [-0.2, -0.15) is 22.0 Å². The lowest BCUT2D eigenvalue weighted by molar-refractivity contribution is -0.167. The highest BCUT2D eigenvalue weighted by molar-refractivity contribution is 6.02. The number of hydrogen-bond donors (Lipinski definition) is 2. The summed E-state index contributed by atoms with van der Waals surface area (Å²) in [6, 6.07) is 1.48. The SMILES string of the molecule is NC1=N[C@H](C(F)(F)F)C[C@@](CF)(c2cc(NC(=O)c3ccc(OC(F)F)cn3)ccc2F)O1. The summed E-state index contributed by atoms with van der Waals surface area (Å²) in [7, 11) is 0. The smallest absolute Gasteiger partial charge is 0.411 e. The highest BCUT2D eigenvalue weighted by Crippen LogP contribution is 2.42. The van der Waals surface area contributed by atoms with Crippen LogP contribution < -0.4 is 15.8 Å². The molecule has 7 nitrogen and oxygen atoms in total. The van der Waals surface area contributed by atoms with Crippen molar-refractivity contribution in [3.05, 3.63) is 53.6 Å². The number of benzene rings is 1. The van der Waals surface area contributed by atoms with E-state index in [0.29, 0.717) is 0 Å². The van der Waals surface area contributed by atoms with Crippen molar-refractivity contribution in [2.75, 3.05) is 12.0 Å². The number of aromatic nitrogens is 1. The van der Waals surface area contributed by atoms with E-state index in [4.69, 9.17) is 10.5 Å². The van der Waals surface area contributed by atoms with Gasteiger partial charge in [-0.25, -0.2) is 18.8 Å². The van der Waals surface area contributed by atoms with E-state index in [1.807, 2.05) is 0 Å². The maximum Gasteiger partial charge on any atom is 0.411 e. The number of pyridine rings is 1. The summed E-state index contributed by atoms with van der Waals surface area (Å²) in [4.78, 5) is 19.1. The molecule has 1 aliphatic heterocycles. The van der Waals surface area contributed by atoms with E-state index in [1.165, 1.54) is 0 Å². The number of anilines is 1. The van der Waals surface area contributed by atoms with Crippen molar-refractivity contribution in [2.24, 2.45) is 10.7 Å². The molecule has 0 bridgehead atoms. The Bertz CT molecular complexity index is 1050. The van der Waals surface area contributed by atoms with Crippen molar-refractivity contribution in [1.82, 2.24) is 4.98 Å². The Hall–Kier alpha value is -3.58. The first-order valence-electron chi connectivity index (χ1n) is 9.11.